The Morgan fingerprint density at radius 3 is 2.95 bits per heavy atom. The van der Waals surface area contributed by atoms with Crippen molar-refractivity contribution in [2.45, 2.75) is 12.5 Å². The molecule has 0 aliphatic carbocycles. The molecule has 1 aromatic carbocycles. The predicted molar refractivity (Wildman–Crippen MR) is 76.0 cm³/mol. The van der Waals surface area contributed by atoms with Crippen molar-refractivity contribution in [2.24, 2.45) is 5.84 Å². The van der Waals surface area contributed by atoms with Crippen LogP contribution in [0.3, 0.4) is 0 Å². The van der Waals surface area contributed by atoms with E-state index in [1.807, 2.05) is 11.4 Å². The van der Waals surface area contributed by atoms with Crippen LogP contribution in [0, 0.1) is 5.82 Å². The van der Waals surface area contributed by atoms with E-state index in [0.717, 1.165) is 10.6 Å². The van der Waals surface area contributed by atoms with Gasteiger partial charge in [-0.1, -0.05) is 23.7 Å². The van der Waals surface area contributed by atoms with Gasteiger partial charge in [0.05, 0.1) is 23.1 Å². The van der Waals surface area contributed by atoms with Crippen LogP contribution in [0.15, 0.2) is 29.6 Å². The summed E-state index contributed by atoms with van der Waals surface area (Å²) in [6, 6.07) is 6.59. The number of methoxy groups -OCH3 is 1. The van der Waals surface area contributed by atoms with E-state index in [-0.39, 0.29) is 11.1 Å². The van der Waals surface area contributed by atoms with Crippen molar-refractivity contribution in [3.05, 3.63) is 50.9 Å². The fourth-order valence-electron chi connectivity index (χ4n) is 1.89. The monoisotopic (exact) mass is 300 g/mol. The molecule has 102 valence electrons. The highest BCUT2D eigenvalue weighted by atomic mass is 35.5. The third-order valence-electron chi connectivity index (χ3n) is 2.85. The van der Waals surface area contributed by atoms with E-state index in [1.54, 1.807) is 19.2 Å². The molecule has 0 spiro atoms. The number of hydrazine groups is 1. The number of rotatable bonds is 5. The molecule has 2 rings (SSSR count). The average Bonchev–Trinajstić information content (AvgIpc) is 2.88. The van der Waals surface area contributed by atoms with Gasteiger partial charge in [-0.05, 0) is 29.5 Å². The maximum atomic E-state index is 13.9. The molecule has 1 heterocycles. The molecule has 19 heavy (non-hydrogen) atoms. The maximum absolute atomic E-state index is 13.9. The minimum atomic E-state index is -0.403. The van der Waals surface area contributed by atoms with Crippen molar-refractivity contribution in [2.75, 3.05) is 7.11 Å². The highest BCUT2D eigenvalue weighted by molar-refractivity contribution is 7.10. The van der Waals surface area contributed by atoms with Crippen molar-refractivity contribution in [1.82, 2.24) is 5.43 Å². The molecule has 0 aliphatic heterocycles. The molecule has 6 heteroatoms. The van der Waals surface area contributed by atoms with E-state index in [9.17, 15) is 4.39 Å². The van der Waals surface area contributed by atoms with Crippen LogP contribution >= 0.6 is 22.9 Å². The van der Waals surface area contributed by atoms with Crippen molar-refractivity contribution in [3.8, 4) is 5.75 Å². The summed E-state index contributed by atoms with van der Waals surface area (Å²) in [5.74, 6) is 5.91. The van der Waals surface area contributed by atoms with Crippen molar-refractivity contribution in [3.63, 3.8) is 0 Å². The van der Waals surface area contributed by atoms with E-state index in [1.165, 1.54) is 17.4 Å². The normalized spacial score (nSPS) is 12.4. The zero-order chi connectivity index (χ0) is 13.8. The van der Waals surface area contributed by atoms with Crippen LogP contribution in [-0.4, -0.2) is 7.11 Å². The molecule has 3 N–H and O–H groups in total. The lowest BCUT2D eigenvalue weighted by atomic mass is 10.0. The van der Waals surface area contributed by atoms with E-state index >= 15 is 0 Å². The number of hydrogen-bond donors (Lipinski definition) is 2. The Kier molecular flexibility index (Phi) is 4.76. The molecule has 0 saturated heterocycles. The molecule has 0 saturated carbocycles. The van der Waals surface area contributed by atoms with Gasteiger partial charge in [-0.3, -0.25) is 11.3 Å². The van der Waals surface area contributed by atoms with E-state index in [4.69, 9.17) is 22.2 Å². The van der Waals surface area contributed by atoms with Crippen LogP contribution in [0.2, 0.25) is 5.02 Å². The molecule has 1 aromatic heterocycles. The summed E-state index contributed by atoms with van der Waals surface area (Å²) in [5, 5.41) is 2.03. The lowest BCUT2D eigenvalue weighted by Gasteiger charge is -2.16. The zero-order valence-corrected chi connectivity index (χ0v) is 11.9. The van der Waals surface area contributed by atoms with Gasteiger partial charge in [0.2, 0.25) is 0 Å². The molecule has 1 unspecified atom stereocenters. The van der Waals surface area contributed by atoms with Gasteiger partial charge >= 0.3 is 0 Å². The van der Waals surface area contributed by atoms with Gasteiger partial charge < -0.3 is 4.74 Å². The first-order valence-corrected chi connectivity index (χ1v) is 6.93. The predicted octanol–water partition coefficient (Wildman–Crippen LogP) is 3.30. The summed E-state index contributed by atoms with van der Waals surface area (Å²) in [5.41, 5.74) is 3.21. The molecule has 2 aromatic rings. The SMILES string of the molecule is COc1ccsc1C(Cc1cccc(Cl)c1F)NN. The number of benzene rings is 1. The first-order chi connectivity index (χ1) is 9.17. The molecular weight excluding hydrogens is 287 g/mol. The summed E-state index contributed by atoms with van der Waals surface area (Å²) >= 11 is 7.29. The molecular formula is C13H14ClFN2OS. The molecule has 1 atom stereocenters. The minimum Gasteiger partial charge on any atom is -0.496 e. The smallest absolute Gasteiger partial charge is 0.145 e. The molecule has 0 radical (unpaired) electrons. The van der Waals surface area contributed by atoms with Crippen molar-refractivity contribution < 1.29 is 9.13 Å². The van der Waals surface area contributed by atoms with Crippen LogP contribution < -0.4 is 16.0 Å². The number of hydrogen-bond acceptors (Lipinski definition) is 4. The summed E-state index contributed by atoms with van der Waals surface area (Å²) in [4.78, 5) is 0.935. The Bertz CT molecular complexity index is 561. The zero-order valence-electron chi connectivity index (χ0n) is 10.3. The Labute approximate surface area is 120 Å². The lowest BCUT2D eigenvalue weighted by Crippen LogP contribution is -2.29. The number of nitrogens with two attached hydrogens (primary N) is 1. The van der Waals surface area contributed by atoms with Crippen molar-refractivity contribution >= 4 is 22.9 Å². The van der Waals surface area contributed by atoms with Crippen LogP contribution in [0.5, 0.6) is 5.75 Å². The molecule has 0 amide bonds. The quantitative estimate of drug-likeness (QED) is 0.658. The number of thiophene rings is 1. The van der Waals surface area contributed by atoms with E-state index in [2.05, 4.69) is 5.43 Å². The van der Waals surface area contributed by atoms with Gasteiger partial charge in [0.25, 0.3) is 0 Å². The summed E-state index contributed by atoms with van der Waals surface area (Å²) < 4.78 is 19.1. The molecule has 0 aliphatic rings. The third kappa shape index (κ3) is 3.06. The summed E-state index contributed by atoms with van der Waals surface area (Å²) in [7, 11) is 1.60. The second kappa shape index (κ2) is 6.34. The van der Waals surface area contributed by atoms with Gasteiger partial charge in [-0.2, -0.15) is 0 Å². The number of ether oxygens (including phenoxy) is 1. The van der Waals surface area contributed by atoms with Crippen LogP contribution in [0.4, 0.5) is 4.39 Å². The average molecular weight is 301 g/mol. The largest absolute Gasteiger partial charge is 0.496 e. The maximum Gasteiger partial charge on any atom is 0.145 e. The highest BCUT2D eigenvalue weighted by Crippen LogP contribution is 2.33. The van der Waals surface area contributed by atoms with Crippen LogP contribution in [-0.2, 0) is 6.42 Å². The van der Waals surface area contributed by atoms with E-state index < -0.39 is 5.82 Å². The third-order valence-corrected chi connectivity index (χ3v) is 4.15. The number of halogens is 2. The molecule has 0 bridgehead atoms. The van der Waals surface area contributed by atoms with Gasteiger partial charge in [0.1, 0.15) is 11.6 Å². The Balaban J connectivity index is 2.27. The molecule has 0 fully saturated rings. The summed E-state index contributed by atoms with van der Waals surface area (Å²) in [6.45, 7) is 0. The Morgan fingerprint density at radius 2 is 2.26 bits per heavy atom. The van der Waals surface area contributed by atoms with Gasteiger partial charge in [0.15, 0.2) is 0 Å². The second-order valence-electron chi connectivity index (χ2n) is 3.99. The minimum absolute atomic E-state index is 0.117. The standard InChI is InChI=1S/C13H14ClFN2OS/c1-18-11-5-6-19-13(11)10(17-16)7-8-3-2-4-9(14)12(8)15/h2-6,10,17H,7,16H2,1H3. The Hall–Kier alpha value is -1.14. The fraction of sp³-hybridized carbons (Fsp3) is 0.231. The van der Waals surface area contributed by atoms with Crippen LogP contribution in [0.1, 0.15) is 16.5 Å². The van der Waals surface area contributed by atoms with Gasteiger partial charge in [-0.15, -0.1) is 11.3 Å². The first-order valence-electron chi connectivity index (χ1n) is 5.67. The Morgan fingerprint density at radius 1 is 1.47 bits per heavy atom. The lowest BCUT2D eigenvalue weighted by molar-refractivity contribution is 0.402. The van der Waals surface area contributed by atoms with Crippen LogP contribution in [0.25, 0.3) is 0 Å². The summed E-state index contributed by atoms with van der Waals surface area (Å²) in [6.07, 6.45) is 0.403. The fourth-order valence-corrected chi connectivity index (χ4v) is 3.00. The van der Waals surface area contributed by atoms with Gasteiger partial charge in [-0.25, -0.2) is 4.39 Å². The van der Waals surface area contributed by atoms with Crippen molar-refractivity contribution in [1.29, 1.82) is 0 Å². The molecule has 3 nitrogen and oxygen atoms in total. The van der Waals surface area contributed by atoms with Gasteiger partial charge in [0, 0.05) is 0 Å². The highest BCUT2D eigenvalue weighted by Gasteiger charge is 2.19. The second-order valence-corrected chi connectivity index (χ2v) is 5.34. The topological polar surface area (TPSA) is 47.3 Å². The first kappa shape index (κ1) is 14.3. The van der Waals surface area contributed by atoms with E-state index in [0.29, 0.717) is 12.0 Å². The number of nitrogens with one attached hydrogen (secondary N) is 1.